The summed E-state index contributed by atoms with van der Waals surface area (Å²) in [5.41, 5.74) is 0. The van der Waals surface area contributed by atoms with Gasteiger partial charge in [0, 0.05) is 24.4 Å². The summed E-state index contributed by atoms with van der Waals surface area (Å²) in [5, 5.41) is 0. The number of nitrogens with zero attached hydrogens (tertiary/aromatic N) is 1. The Morgan fingerprint density at radius 1 is 1.50 bits per heavy atom. The van der Waals surface area contributed by atoms with Gasteiger partial charge in [-0.15, -0.1) is 0 Å². The Morgan fingerprint density at radius 2 is 2.19 bits per heavy atom. The second-order valence-corrected chi connectivity index (χ2v) is 4.52. The lowest BCUT2D eigenvalue weighted by Crippen LogP contribution is -2.33. The van der Waals surface area contributed by atoms with Crippen molar-refractivity contribution in [2.45, 2.75) is 26.3 Å². The summed E-state index contributed by atoms with van der Waals surface area (Å²) in [7, 11) is 2.08. The quantitative estimate of drug-likeness (QED) is 0.484. The van der Waals surface area contributed by atoms with Crippen molar-refractivity contribution < 1.29 is 9.53 Å². The second kappa shape index (κ2) is 9.73. The largest absolute Gasteiger partial charge is 0.463 e. The molecule has 0 aromatic heterocycles. The predicted molar refractivity (Wildman–Crippen MR) is 70.9 cm³/mol. The Bertz CT molecular complexity index is 219. The zero-order valence-electron chi connectivity index (χ0n) is 10.7. The molecule has 0 rings (SSSR count). The van der Waals surface area contributed by atoms with Crippen LogP contribution in [0.3, 0.4) is 0 Å². The van der Waals surface area contributed by atoms with E-state index in [1.807, 2.05) is 24.8 Å². The molecule has 16 heavy (non-hydrogen) atoms. The maximum atomic E-state index is 11.1. The zero-order chi connectivity index (χ0) is 12.4. The Morgan fingerprint density at radius 3 is 2.69 bits per heavy atom. The van der Waals surface area contributed by atoms with Crippen molar-refractivity contribution in [2.24, 2.45) is 0 Å². The molecule has 0 amide bonds. The highest BCUT2D eigenvalue weighted by atomic mass is 32.2. The molecule has 0 radical (unpaired) electrons. The van der Waals surface area contributed by atoms with Crippen LogP contribution in [0.4, 0.5) is 0 Å². The number of thioether (sulfide) groups is 1. The standard InChI is InChI=1S/C12H23NO2S/c1-5-11(10-16-4)13(3)9-7-8-12(14)15-6-2/h7-8,11H,5-6,9-10H2,1-4H3/b8-7+. The molecule has 0 aliphatic rings. The number of hydrogen-bond acceptors (Lipinski definition) is 4. The second-order valence-electron chi connectivity index (χ2n) is 3.61. The molecule has 3 nitrogen and oxygen atoms in total. The van der Waals surface area contributed by atoms with Gasteiger partial charge in [-0.05, 0) is 26.6 Å². The van der Waals surface area contributed by atoms with Crippen LogP contribution in [0, 0.1) is 0 Å². The van der Waals surface area contributed by atoms with E-state index in [0.717, 1.165) is 18.7 Å². The first-order valence-corrected chi connectivity index (χ1v) is 7.07. The van der Waals surface area contributed by atoms with Crippen molar-refractivity contribution in [1.29, 1.82) is 0 Å². The van der Waals surface area contributed by atoms with Crippen LogP contribution in [-0.4, -0.2) is 49.1 Å². The van der Waals surface area contributed by atoms with Crippen LogP contribution in [0.25, 0.3) is 0 Å². The highest BCUT2D eigenvalue weighted by Crippen LogP contribution is 2.07. The minimum absolute atomic E-state index is 0.256. The van der Waals surface area contributed by atoms with Gasteiger partial charge in [-0.2, -0.15) is 11.8 Å². The highest BCUT2D eigenvalue weighted by Gasteiger charge is 2.10. The average molecular weight is 245 g/mol. The average Bonchev–Trinajstić information content (AvgIpc) is 2.26. The Kier molecular flexibility index (Phi) is 9.43. The van der Waals surface area contributed by atoms with E-state index in [-0.39, 0.29) is 5.97 Å². The fourth-order valence-electron chi connectivity index (χ4n) is 1.40. The summed E-state index contributed by atoms with van der Waals surface area (Å²) < 4.78 is 4.81. The molecule has 94 valence electrons. The molecule has 4 heteroatoms. The third-order valence-electron chi connectivity index (χ3n) is 2.39. The lowest BCUT2D eigenvalue weighted by Gasteiger charge is -2.25. The van der Waals surface area contributed by atoms with Crippen LogP contribution < -0.4 is 0 Å². The topological polar surface area (TPSA) is 29.5 Å². The van der Waals surface area contributed by atoms with E-state index < -0.39 is 0 Å². The lowest BCUT2D eigenvalue weighted by atomic mass is 10.2. The maximum absolute atomic E-state index is 11.1. The van der Waals surface area contributed by atoms with Crippen LogP contribution >= 0.6 is 11.8 Å². The molecule has 1 unspecified atom stereocenters. The van der Waals surface area contributed by atoms with Crippen LogP contribution in [0.2, 0.25) is 0 Å². The molecule has 0 aromatic carbocycles. The first-order valence-electron chi connectivity index (χ1n) is 5.68. The van der Waals surface area contributed by atoms with Gasteiger partial charge < -0.3 is 4.74 Å². The van der Waals surface area contributed by atoms with E-state index in [1.54, 1.807) is 0 Å². The Hall–Kier alpha value is -0.480. The van der Waals surface area contributed by atoms with Gasteiger partial charge in [-0.25, -0.2) is 4.79 Å². The molecule has 0 bridgehead atoms. The molecule has 0 N–H and O–H groups in total. The van der Waals surface area contributed by atoms with Crippen molar-refractivity contribution >= 4 is 17.7 Å². The number of carbonyl (C=O) groups is 1. The van der Waals surface area contributed by atoms with Crippen molar-refractivity contribution in [3.05, 3.63) is 12.2 Å². The van der Waals surface area contributed by atoms with Crippen molar-refractivity contribution in [3.8, 4) is 0 Å². The third-order valence-corrected chi connectivity index (χ3v) is 3.11. The molecule has 0 aliphatic heterocycles. The van der Waals surface area contributed by atoms with Gasteiger partial charge in [-0.1, -0.05) is 13.0 Å². The predicted octanol–water partition coefficient (Wildman–Crippen LogP) is 2.18. The molecule has 0 fully saturated rings. The van der Waals surface area contributed by atoms with Crippen LogP contribution in [0.1, 0.15) is 20.3 Å². The van der Waals surface area contributed by atoms with E-state index in [4.69, 9.17) is 4.74 Å². The zero-order valence-corrected chi connectivity index (χ0v) is 11.5. The van der Waals surface area contributed by atoms with Crippen molar-refractivity contribution in [3.63, 3.8) is 0 Å². The number of esters is 1. The number of carbonyl (C=O) groups excluding carboxylic acids is 1. The van der Waals surface area contributed by atoms with Gasteiger partial charge in [0.1, 0.15) is 0 Å². The van der Waals surface area contributed by atoms with Crippen molar-refractivity contribution in [1.82, 2.24) is 4.90 Å². The molecule has 0 heterocycles. The highest BCUT2D eigenvalue weighted by molar-refractivity contribution is 7.98. The summed E-state index contributed by atoms with van der Waals surface area (Å²) in [4.78, 5) is 13.3. The monoisotopic (exact) mass is 245 g/mol. The summed E-state index contributed by atoms with van der Waals surface area (Å²) >= 11 is 1.85. The summed E-state index contributed by atoms with van der Waals surface area (Å²) in [6, 6.07) is 0.571. The Balaban J connectivity index is 3.93. The molecule has 1 atom stereocenters. The van der Waals surface area contributed by atoms with Gasteiger partial charge in [0.2, 0.25) is 0 Å². The van der Waals surface area contributed by atoms with E-state index in [2.05, 4.69) is 25.1 Å². The molecule has 0 aliphatic carbocycles. The van der Waals surface area contributed by atoms with Crippen LogP contribution in [-0.2, 0) is 9.53 Å². The summed E-state index contributed by atoms with van der Waals surface area (Å²) in [5.74, 6) is 0.870. The minimum atomic E-state index is -0.256. The Labute approximate surface area is 103 Å². The molecule has 0 spiro atoms. The number of ether oxygens (including phenoxy) is 1. The molecular formula is C12H23NO2S. The van der Waals surface area contributed by atoms with Crippen LogP contribution in [0.5, 0.6) is 0 Å². The first kappa shape index (κ1) is 15.5. The van der Waals surface area contributed by atoms with Crippen molar-refractivity contribution in [2.75, 3.05) is 32.2 Å². The molecule has 0 aromatic rings. The van der Waals surface area contributed by atoms with E-state index in [0.29, 0.717) is 12.6 Å². The smallest absolute Gasteiger partial charge is 0.330 e. The SMILES string of the molecule is CCOC(=O)/C=C/CN(C)C(CC)CSC. The van der Waals surface area contributed by atoms with Gasteiger partial charge in [0.15, 0.2) is 0 Å². The van der Waals surface area contributed by atoms with Gasteiger partial charge >= 0.3 is 5.97 Å². The fourth-order valence-corrected chi connectivity index (χ4v) is 2.28. The molecule has 0 saturated heterocycles. The third kappa shape index (κ3) is 6.90. The first-order chi connectivity index (χ1) is 7.65. The maximum Gasteiger partial charge on any atom is 0.330 e. The van der Waals surface area contributed by atoms with E-state index in [1.165, 1.54) is 6.08 Å². The number of likely N-dealkylation sites (N-methyl/N-ethyl adjacent to an activating group) is 1. The molecular weight excluding hydrogens is 222 g/mol. The lowest BCUT2D eigenvalue weighted by molar-refractivity contribution is -0.137. The number of hydrogen-bond donors (Lipinski definition) is 0. The summed E-state index contributed by atoms with van der Waals surface area (Å²) in [6.07, 6.45) is 6.61. The van der Waals surface area contributed by atoms with E-state index in [9.17, 15) is 4.79 Å². The van der Waals surface area contributed by atoms with Gasteiger partial charge in [0.25, 0.3) is 0 Å². The van der Waals surface area contributed by atoms with Gasteiger partial charge in [-0.3, -0.25) is 4.90 Å². The van der Waals surface area contributed by atoms with Crippen LogP contribution in [0.15, 0.2) is 12.2 Å². The van der Waals surface area contributed by atoms with E-state index >= 15 is 0 Å². The normalized spacial score (nSPS) is 13.3. The molecule has 0 saturated carbocycles. The number of rotatable bonds is 8. The fraction of sp³-hybridized carbons (Fsp3) is 0.750. The van der Waals surface area contributed by atoms with Gasteiger partial charge in [0.05, 0.1) is 6.61 Å². The minimum Gasteiger partial charge on any atom is -0.463 e. The summed E-state index contributed by atoms with van der Waals surface area (Å²) in [6.45, 7) is 5.22.